The zero-order chi connectivity index (χ0) is 15.1. The molecule has 1 rings (SSSR count). The third-order valence-corrected chi connectivity index (χ3v) is 2.99. The number of carboxylic acids is 2. The first kappa shape index (κ1) is 15.7. The van der Waals surface area contributed by atoms with Gasteiger partial charge < -0.3 is 15.5 Å². The Balaban J connectivity index is 2.63. The highest BCUT2D eigenvalue weighted by Gasteiger charge is 2.17. The summed E-state index contributed by atoms with van der Waals surface area (Å²) in [6.45, 7) is 1.75. The lowest BCUT2D eigenvalue weighted by Crippen LogP contribution is -2.18. The van der Waals surface area contributed by atoms with Crippen molar-refractivity contribution < 1.29 is 24.6 Å². The Bertz CT molecular complexity index is 512. The van der Waals surface area contributed by atoms with Crippen LogP contribution in [-0.4, -0.2) is 28.1 Å². The molecule has 0 spiro atoms. The maximum atomic E-state index is 11.7. The molecule has 1 atom stereocenters. The van der Waals surface area contributed by atoms with Crippen LogP contribution in [0, 0.1) is 5.92 Å². The number of hydrogen-bond donors (Lipinski definition) is 3. The van der Waals surface area contributed by atoms with Crippen LogP contribution in [-0.2, 0) is 9.59 Å². The van der Waals surface area contributed by atoms with E-state index in [1.165, 1.54) is 12.1 Å². The summed E-state index contributed by atoms with van der Waals surface area (Å²) in [6, 6.07) is 6.07. The fourth-order valence-electron chi connectivity index (χ4n) is 1.80. The van der Waals surface area contributed by atoms with Gasteiger partial charge in [0.2, 0.25) is 5.91 Å². The minimum atomic E-state index is -1.13. The summed E-state index contributed by atoms with van der Waals surface area (Å²) in [4.78, 5) is 33.5. The fraction of sp³-hybridized carbons (Fsp3) is 0.357. The second kappa shape index (κ2) is 7.28. The smallest absolute Gasteiger partial charge is 0.337 e. The van der Waals surface area contributed by atoms with Crippen molar-refractivity contribution in [3.8, 4) is 0 Å². The monoisotopic (exact) mass is 279 g/mol. The Kier molecular flexibility index (Phi) is 5.71. The molecule has 3 N–H and O–H groups in total. The van der Waals surface area contributed by atoms with Crippen LogP contribution in [0.5, 0.6) is 0 Å². The van der Waals surface area contributed by atoms with Crippen LogP contribution in [0.4, 0.5) is 5.69 Å². The summed E-state index contributed by atoms with van der Waals surface area (Å²) in [7, 11) is 0. The number of hydrogen-bond acceptors (Lipinski definition) is 3. The number of aromatic carboxylic acids is 1. The van der Waals surface area contributed by atoms with Gasteiger partial charge in [0.25, 0.3) is 0 Å². The van der Waals surface area contributed by atoms with E-state index in [0.717, 1.165) is 0 Å². The van der Waals surface area contributed by atoms with Crippen LogP contribution in [0.15, 0.2) is 24.3 Å². The SMILES string of the molecule is CCC(CCC(=O)Nc1ccccc1C(=O)O)C(=O)O. The predicted molar refractivity (Wildman–Crippen MR) is 72.7 cm³/mol. The molecule has 1 unspecified atom stereocenters. The maximum Gasteiger partial charge on any atom is 0.337 e. The van der Waals surface area contributed by atoms with Gasteiger partial charge in [-0.2, -0.15) is 0 Å². The summed E-state index contributed by atoms with van der Waals surface area (Å²) >= 11 is 0. The molecule has 1 amide bonds. The van der Waals surface area contributed by atoms with Crippen LogP contribution in [0.2, 0.25) is 0 Å². The van der Waals surface area contributed by atoms with Crippen LogP contribution in [0.3, 0.4) is 0 Å². The van der Waals surface area contributed by atoms with Gasteiger partial charge in [-0.05, 0) is 25.0 Å². The maximum absolute atomic E-state index is 11.7. The molecule has 1 aromatic carbocycles. The number of para-hydroxylation sites is 1. The Morgan fingerprint density at radius 1 is 1.20 bits per heavy atom. The van der Waals surface area contributed by atoms with Gasteiger partial charge in [-0.3, -0.25) is 9.59 Å². The van der Waals surface area contributed by atoms with Crippen LogP contribution < -0.4 is 5.32 Å². The molecule has 0 saturated carbocycles. The molecular weight excluding hydrogens is 262 g/mol. The number of carbonyl (C=O) groups excluding carboxylic acids is 1. The van der Waals surface area contributed by atoms with E-state index in [1.807, 2.05) is 0 Å². The first-order chi connectivity index (χ1) is 9.45. The Morgan fingerprint density at radius 3 is 2.40 bits per heavy atom. The second-order valence-electron chi connectivity index (χ2n) is 4.38. The van der Waals surface area contributed by atoms with Crippen molar-refractivity contribution >= 4 is 23.5 Å². The fourth-order valence-corrected chi connectivity index (χ4v) is 1.80. The van der Waals surface area contributed by atoms with E-state index in [0.29, 0.717) is 6.42 Å². The van der Waals surface area contributed by atoms with E-state index in [2.05, 4.69) is 5.32 Å². The van der Waals surface area contributed by atoms with Gasteiger partial charge in [0, 0.05) is 6.42 Å². The second-order valence-corrected chi connectivity index (χ2v) is 4.38. The molecule has 0 aromatic heterocycles. The first-order valence-electron chi connectivity index (χ1n) is 6.30. The minimum absolute atomic E-state index is 0.00567. The Hall–Kier alpha value is -2.37. The van der Waals surface area contributed by atoms with Crippen molar-refractivity contribution in [1.82, 2.24) is 0 Å². The molecule has 0 fully saturated rings. The molecule has 0 bridgehead atoms. The highest BCUT2D eigenvalue weighted by atomic mass is 16.4. The number of anilines is 1. The molecule has 0 aliphatic carbocycles. The molecule has 20 heavy (non-hydrogen) atoms. The van der Waals surface area contributed by atoms with E-state index < -0.39 is 23.8 Å². The summed E-state index contributed by atoms with van der Waals surface area (Å²) in [5.41, 5.74) is 0.222. The number of amides is 1. The lowest BCUT2D eigenvalue weighted by Gasteiger charge is -2.11. The minimum Gasteiger partial charge on any atom is -0.481 e. The number of carboxylic acid groups (broad SMARTS) is 2. The van der Waals surface area contributed by atoms with Gasteiger partial charge in [-0.15, -0.1) is 0 Å². The van der Waals surface area contributed by atoms with E-state index in [1.54, 1.807) is 19.1 Å². The van der Waals surface area contributed by atoms with Gasteiger partial charge in [0.15, 0.2) is 0 Å². The molecular formula is C14H17NO5. The van der Waals surface area contributed by atoms with Gasteiger partial charge >= 0.3 is 11.9 Å². The molecule has 0 radical (unpaired) electrons. The molecule has 0 saturated heterocycles. The standard InChI is InChI=1S/C14H17NO5/c1-2-9(13(17)18)7-8-12(16)15-11-6-4-3-5-10(11)14(19)20/h3-6,9H,2,7-8H2,1H3,(H,15,16)(H,17,18)(H,19,20). The average molecular weight is 279 g/mol. The Labute approximate surface area is 116 Å². The molecule has 6 heteroatoms. The Morgan fingerprint density at radius 2 is 1.85 bits per heavy atom. The normalized spacial score (nSPS) is 11.7. The lowest BCUT2D eigenvalue weighted by atomic mass is 10.0. The number of carbonyl (C=O) groups is 3. The van der Waals surface area contributed by atoms with Crippen molar-refractivity contribution in [2.75, 3.05) is 5.32 Å². The molecule has 6 nitrogen and oxygen atoms in total. The van der Waals surface area contributed by atoms with Gasteiger partial charge in [-0.25, -0.2) is 4.79 Å². The molecule has 0 heterocycles. The van der Waals surface area contributed by atoms with Crippen LogP contribution in [0.25, 0.3) is 0 Å². The van der Waals surface area contributed by atoms with Gasteiger partial charge in [-0.1, -0.05) is 19.1 Å². The van der Waals surface area contributed by atoms with Crippen LogP contribution in [0.1, 0.15) is 36.5 Å². The molecule has 1 aromatic rings. The zero-order valence-electron chi connectivity index (χ0n) is 11.1. The van der Waals surface area contributed by atoms with Crippen molar-refractivity contribution in [2.24, 2.45) is 5.92 Å². The van der Waals surface area contributed by atoms with E-state index in [4.69, 9.17) is 10.2 Å². The topological polar surface area (TPSA) is 104 Å². The molecule has 0 aliphatic heterocycles. The molecule has 108 valence electrons. The highest BCUT2D eigenvalue weighted by Crippen LogP contribution is 2.17. The van der Waals surface area contributed by atoms with E-state index >= 15 is 0 Å². The van der Waals surface area contributed by atoms with Crippen LogP contribution >= 0.6 is 0 Å². The van der Waals surface area contributed by atoms with Crippen molar-refractivity contribution in [3.63, 3.8) is 0 Å². The quantitative estimate of drug-likeness (QED) is 0.710. The summed E-state index contributed by atoms with van der Waals surface area (Å²) in [5.74, 6) is -3.00. The van der Waals surface area contributed by atoms with E-state index in [-0.39, 0.29) is 24.1 Å². The van der Waals surface area contributed by atoms with Crippen molar-refractivity contribution in [1.29, 1.82) is 0 Å². The number of nitrogens with one attached hydrogen (secondary N) is 1. The largest absolute Gasteiger partial charge is 0.481 e. The first-order valence-corrected chi connectivity index (χ1v) is 6.30. The third kappa shape index (κ3) is 4.38. The number of benzene rings is 1. The summed E-state index contributed by atoms with van der Waals surface area (Å²) in [5, 5.41) is 20.4. The highest BCUT2D eigenvalue weighted by molar-refractivity contribution is 6.00. The predicted octanol–water partition coefficient (Wildman–Crippen LogP) is 2.21. The van der Waals surface area contributed by atoms with E-state index in [9.17, 15) is 14.4 Å². The van der Waals surface area contributed by atoms with Gasteiger partial charge in [0.1, 0.15) is 0 Å². The van der Waals surface area contributed by atoms with Gasteiger partial charge in [0.05, 0.1) is 17.2 Å². The average Bonchev–Trinajstić information content (AvgIpc) is 2.39. The summed E-state index contributed by atoms with van der Waals surface area (Å²) in [6.07, 6.45) is 0.722. The van der Waals surface area contributed by atoms with Crippen molar-refractivity contribution in [3.05, 3.63) is 29.8 Å². The zero-order valence-corrected chi connectivity index (χ0v) is 11.1. The third-order valence-electron chi connectivity index (χ3n) is 2.99. The molecule has 0 aliphatic rings. The number of rotatable bonds is 7. The number of aliphatic carboxylic acids is 1. The lowest BCUT2D eigenvalue weighted by molar-refractivity contribution is -0.142. The van der Waals surface area contributed by atoms with Crippen molar-refractivity contribution in [2.45, 2.75) is 26.2 Å². The summed E-state index contributed by atoms with van der Waals surface area (Å²) < 4.78 is 0.